The minimum absolute atomic E-state index is 0.0362. The SMILES string of the molecule is CCCCNC(=O)[C@@H](C)N(Cc1ccc(F)cc1)C(=O)CN(c1ccccc1CC)S(C)(=O)=O. The van der Waals surface area contributed by atoms with E-state index < -0.39 is 34.3 Å². The van der Waals surface area contributed by atoms with Crippen LogP contribution in [0.4, 0.5) is 10.1 Å². The lowest BCUT2D eigenvalue weighted by Gasteiger charge is -2.32. The molecule has 0 saturated carbocycles. The lowest BCUT2D eigenvalue weighted by atomic mass is 10.1. The first-order valence-electron chi connectivity index (χ1n) is 11.5. The molecule has 0 radical (unpaired) electrons. The Hall–Kier alpha value is -2.94. The molecule has 0 saturated heterocycles. The molecule has 0 heterocycles. The van der Waals surface area contributed by atoms with Crippen molar-refractivity contribution in [2.24, 2.45) is 0 Å². The van der Waals surface area contributed by atoms with Gasteiger partial charge in [0.1, 0.15) is 18.4 Å². The number of halogens is 1. The molecule has 0 unspecified atom stereocenters. The lowest BCUT2D eigenvalue weighted by molar-refractivity contribution is -0.139. The molecule has 0 bridgehead atoms. The smallest absolute Gasteiger partial charge is 0.244 e. The molecule has 186 valence electrons. The predicted octanol–water partition coefficient (Wildman–Crippen LogP) is 3.49. The zero-order valence-electron chi connectivity index (χ0n) is 20.3. The Bertz CT molecular complexity index is 1070. The largest absolute Gasteiger partial charge is 0.354 e. The average Bonchev–Trinajstić information content (AvgIpc) is 2.81. The second-order valence-corrected chi connectivity index (χ2v) is 10.1. The van der Waals surface area contributed by atoms with Crippen LogP contribution in [0.15, 0.2) is 48.5 Å². The molecule has 9 heteroatoms. The number of anilines is 1. The number of aryl methyl sites for hydroxylation is 1. The molecule has 0 spiro atoms. The van der Waals surface area contributed by atoms with Crippen LogP contribution < -0.4 is 9.62 Å². The molecule has 2 amide bonds. The van der Waals surface area contributed by atoms with Crippen molar-refractivity contribution in [3.8, 4) is 0 Å². The lowest BCUT2D eigenvalue weighted by Crippen LogP contribution is -2.51. The highest BCUT2D eigenvalue weighted by Gasteiger charge is 2.30. The summed E-state index contributed by atoms with van der Waals surface area (Å²) in [5.74, 6) is -1.27. The fraction of sp³-hybridized carbons (Fsp3) is 0.440. The van der Waals surface area contributed by atoms with E-state index in [0.717, 1.165) is 29.0 Å². The third-order valence-electron chi connectivity index (χ3n) is 5.58. The highest BCUT2D eigenvalue weighted by molar-refractivity contribution is 7.92. The third kappa shape index (κ3) is 7.55. The van der Waals surface area contributed by atoms with Gasteiger partial charge in [-0.1, -0.05) is 50.6 Å². The molecule has 2 aromatic rings. The Morgan fingerprint density at radius 2 is 1.71 bits per heavy atom. The number of unbranched alkanes of at least 4 members (excludes halogenated alkanes) is 1. The summed E-state index contributed by atoms with van der Waals surface area (Å²) in [6, 6.07) is 11.8. The Labute approximate surface area is 202 Å². The average molecular weight is 492 g/mol. The van der Waals surface area contributed by atoms with Gasteiger partial charge >= 0.3 is 0 Å². The van der Waals surface area contributed by atoms with Crippen molar-refractivity contribution < 1.29 is 22.4 Å². The van der Waals surface area contributed by atoms with Gasteiger partial charge < -0.3 is 10.2 Å². The van der Waals surface area contributed by atoms with Crippen LogP contribution in [0.2, 0.25) is 0 Å². The van der Waals surface area contributed by atoms with Crippen LogP contribution in [0.1, 0.15) is 44.7 Å². The molecule has 0 aliphatic carbocycles. The number of hydrogen-bond donors (Lipinski definition) is 1. The van der Waals surface area contributed by atoms with E-state index in [9.17, 15) is 22.4 Å². The van der Waals surface area contributed by atoms with E-state index in [1.807, 2.05) is 26.0 Å². The zero-order chi connectivity index (χ0) is 25.3. The van der Waals surface area contributed by atoms with E-state index in [1.165, 1.54) is 29.2 Å². The Balaban J connectivity index is 2.37. The summed E-state index contributed by atoms with van der Waals surface area (Å²) in [4.78, 5) is 27.6. The van der Waals surface area contributed by atoms with Crippen LogP contribution in [0.3, 0.4) is 0 Å². The summed E-state index contributed by atoms with van der Waals surface area (Å²) >= 11 is 0. The molecule has 2 aromatic carbocycles. The van der Waals surface area contributed by atoms with Gasteiger partial charge in [0.05, 0.1) is 11.9 Å². The van der Waals surface area contributed by atoms with Gasteiger partial charge in [0, 0.05) is 13.1 Å². The van der Waals surface area contributed by atoms with Crippen LogP contribution >= 0.6 is 0 Å². The van der Waals surface area contributed by atoms with Crippen molar-refractivity contribution in [3.05, 3.63) is 65.5 Å². The van der Waals surface area contributed by atoms with Crippen molar-refractivity contribution in [1.82, 2.24) is 10.2 Å². The zero-order valence-corrected chi connectivity index (χ0v) is 21.1. The normalized spacial score (nSPS) is 12.1. The fourth-order valence-corrected chi connectivity index (χ4v) is 4.43. The Morgan fingerprint density at radius 3 is 2.29 bits per heavy atom. The second kappa shape index (κ2) is 12.5. The van der Waals surface area contributed by atoms with Crippen LogP contribution in [0, 0.1) is 5.82 Å². The van der Waals surface area contributed by atoms with Gasteiger partial charge in [0.25, 0.3) is 0 Å². The van der Waals surface area contributed by atoms with Crippen molar-refractivity contribution in [2.45, 2.75) is 52.6 Å². The number of hydrogen-bond acceptors (Lipinski definition) is 4. The number of benzene rings is 2. The first-order chi connectivity index (χ1) is 16.1. The molecule has 7 nitrogen and oxygen atoms in total. The van der Waals surface area contributed by atoms with Gasteiger partial charge in [-0.3, -0.25) is 13.9 Å². The molecule has 2 rings (SSSR count). The standard InChI is InChI=1S/C25H34FN3O4S/c1-5-7-16-27-25(31)19(3)28(17-20-12-14-22(26)15-13-20)24(30)18-29(34(4,32)33)23-11-9-8-10-21(23)6-2/h8-15,19H,5-7,16-18H2,1-4H3,(H,27,31)/t19-/m1/s1. The van der Waals surface area contributed by atoms with Gasteiger partial charge in [-0.25, -0.2) is 12.8 Å². The molecule has 0 aliphatic heterocycles. The predicted molar refractivity (Wildman–Crippen MR) is 132 cm³/mol. The third-order valence-corrected chi connectivity index (χ3v) is 6.71. The number of carbonyl (C=O) groups is 2. The maximum atomic E-state index is 13.5. The topological polar surface area (TPSA) is 86.8 Å². The molecule has 0 aromatic heterocycles. The van der Waals surface area contributed by atoms with Crippen molar-refractivity contribution in [1.29, 1.82) is 0 Å². The van der Waals surface area contributed by atoms with Crippen LogP contribution in [-0.2, 0) is 32.6 Å². The van der Waals surface area contributed by atoms with Crippen molar-refractivity contribution in [2.75, 3.05) is 23.7 Å². The number of carbonyl (C=O) groups excluding carboxylic acids is 2. The number of rotatable bonds is 12. The first kappa shape index (κ1) is 27.3. The minimum atomic E-state index is -3.79. The van der Waals surface area contributed by atoms with E-state index in [-0.39, 0.29) is 12.5 Å². The van der Waals surface area contributed by atoms with Gasteiger partial charge in [0.15, 0.2) is 0 Å². The van der Waals surface area contributed by atoms with Crippen LogP contribution in [0.25, 0.3) is 0 Å². The van der Waals surface area contributed by atoms with Crippen LogP contribution in [0.5, 0.6) is 0 Å². The number of nitrogens with one attached hydrogen (secondary N) is 1. The van der Waals surface area contributed by atoms with E-state index in [4.69, 9.17) is 0 Å². The van der Waals surface area contributed by atoms with Gasteiger partial charge in [-0.05, 0) is 49.1 Å². The summed E-state index contributed by atoms with van der Waals surface area (Å²) in [5, 5.41) is 2.82. The summed E-state index contributed by atoms with van der Waals surface area (Å²) in [6.07, 6.45) is 3.36. The second-order valence-electron chi connectivity index (χ2n) is 8.22. The molecule has 0 fully saturated rings. The number of nitrogens with zero attached hydrogens (tertiary/aromatic N) is 2. The summed E-state index contributed by atoms with van der Waals surface area (Å²) in [5.41, 5.74) is 1.85. The van der Waals surface area contributed by atoms with E-state index in [2.05, 4.69) is 5.32 Å². The molecule has 1 atom stereocenters. The summed E-state index contributed by atoms with van der Waals surface area (Å²) < 4.78 is 39.8. The van der Waals surface area contributed by atoms with E-state index >= 15 is 0 Å². The fourth-order valence-electron chi connectivity index (χ4n) is 3.55. The molecular formula is C25H34FN3O4S. The van der Waals surface area contributed by atoms with Crippen LogP contribution in [-0.4, -0.2) is 50.5 Å². The maximum Gasteiger partial charge on any atom is 0.244 e. The van der Waals surface area contributed by atoms with E-state index in [1.54, 1.807) is 19.1 Å². The van der Waals surface area contributed by atoms with Gasteiger partial charge in [-0.15, -0.1) is 0 Å². The molecule has 0 aliphatic rings. The maximum absolute atomic E-state index is 13.5. The van der Waals surface area contributed by atoms with Crippen molar-refractivity contribution >= 4 is 27.5 Å². The number of sulfonamides is 1. The quantitative estimate of drug-likeness (QED) is 0.461. The molecule has 1 N–H and O–H groups in total. The monoisotopic (exact) mass is 491 g/mol. The van der Waals surface area contributed by atoms with Crippen molar-refractivity contribution in [3.63, 3.8) is 0 Å². The Kier molecular flexibility index (Phi) is 10.0. The summed E-state index contributed by atoms with van der Waals surface area (Å²) in [7, 11) is -3.79. The number of amides is 2. The Morgan fingerprint density at radius 1 is 1.06 bits per heavy atom. The van der Waals surface area contributed by atoms with E-state index in [0.29, 0.717) is 24.2 Å². The molecular weight excluding hydrogens is 457 g/mol. The number of para-hydroxylation sites is 1. The molecule has 34 heavy (non-hydrogen) atoms. The van der Waals surface area contributed by atoms with Gasteiger partial charge in [0.2, 0.25) is 21.8 Å². The minimum Gasteiger partial charge on any atom is -0.354 e. The first-order valence-corrected chi connectivity index (χ1v) is 13.3. The summed E-state index contributed by atoms with van der Waals surface area (Å²) in [6.45, 7) is 5.59. The van der Waals surface area contributed by atoms with Gasteiger partial charge in [-0.2, -0.15) is 0 Å². The highest BCUT2D eigenvalue weighted by atomic mass is 32.2. The highest BCUT2D eigenvalue weighted by Crippen LogP contribution is 2.24.